The van der Waals surface area contributed by atoms with Crippen LogP contribution in [-0.4, -0.2) is 22.8 Å². The lowest BCUT2D eigenvalue weighted by Crippen LogP contribution is -2.46. The lowest BCUT2D eigenvalue weighted by atomic mass is 9.55. The van der Waals surface area contributed by atoms with Crippen LogP contribution in [0.4, 0.5) is 0 Å². The first-order valence-corrected chi connectivity index (χ1v) is 8.09. The third-order valence-corrected chi connectivity index (χ3v) is 6.39. The average Bonchev–Trinajstić information content (AvgIpc) is 2.79. The molecule has 1 unspecified atom stereocenters. The molecular weight excluding hydrogens is 252 g/mol. The second-order valence-electron chi connectivity index (χ2n) is 7.20. The molecule has 3 heteroatoms. The van der Waals surface area contributed by atoms with Gasteiger partial charge in [-0.3, -0.25) is 9.59 Å². The highest BCUT2D eigenvalue weighted by Crippen LogP contribution is 2.55. The van der Waals surface area contributed by atoms with Gasteiger partial charge in [0.1, 0.15) is 5.78 Å². The molecule has 3 fully saturated rings. The van der Waals surface area contributed by atoms with Gasteiger partial charge in [0.15, 0.2) is 5.78 Å². The van der Waals surface area contributed by atoms with Crippen LogP contribution in [0.3, 0.4) is 0 Å². The van der Waals surface area contributed by atoms with E-state index in [2.05, 4.69) is 0 Å². The third kappa shape index (κ3) is 1.75. The Morgan fingerprint density at radius 1 is 0.950 bits per heavy atom. The molecule has 0 spiro atoms. The monoisotopic (exact) mass is 274 g/mol. The molecule has 0 aromatic heterocycles. The maximum absolute atomic E-state index is 12.0. The van der Waals surface area contributed by atoms with Crippen LogP contribution >= 0.6 is 0 Å². The van der Waals surface area contributed by atoms with Gasteiger partial charge in [0.05, 0.1) is 6.10 Å². The first-order valence-electron chi connectivity index (χ1n) is 8.09. The number of rotatable bonds is 0. The molecule has 4 rings (SSSR count). The van der Waals surface area contributed by atoms with Crippen molar-refractivity contribution < 1.29 is 14.7 Å². The van der Waals surface area contributed by atoms with Gasteiger partial charge in [-0.15, -0.1) is 0 Å². The zero-order chi connectivity index (χ0) is 13.9. The Labute approximate surface area is 119 Å². The molecule has 1 N–H and O–H groups in total. The van der Waals surface area contributed by atoms with Crippen LogP contribution < -0.4 is 0 Å². The molecule has 6 atom stereocenters. The van der Waals surface area contributed by atoms with Gasteiger partial charge in [0.2, 0.25) is 0 Å². The molecule has 0 saturated heterocycles. The molecule has 20 heavy (non-hydrogen) atoms. The van der Waals surface area contributed by atoms with E-state index in [1.165, 1.54) is 5.57 Å². The van der Waals surface area contributed by atoms with Gasteiger partial charge in [-0.1, -0.05) is 5.57 Å². The zero-order valence-electron chi connectivity index (χ0n) is 11.8. The van der Waals surface area contributed by atoms with E-state index < -0.39 is 6.10 Å². The lowest BCUT2D eigenvalue weighted by Gasteiger charge is -2.49. The lowest BCUT2D eigenvalue weighted by molar-refractivity contribution is -0.124. The molecule has 0 aliphatic heterocycles. The van der Waals surface area contributed by atoms with Gasteiger partial charge in [-0.25, -0.2) is 0 Å². The highest BCUT2D eigenvalue weighted by Gasteiger charge is 2.51. The quantitative estimate of drug-likeness (QED) is 0.737. The van der Waals surface area contributed by atoms with Crippen LogP contribution in [0.5, 0.6) is 0 Å². The van der Waals surface area contributed by atoms with Gasteiger partial charge in [0.25, 0.3) is 0 Å². The SMILES string of the molecule is O=C1C=C2CC[C@H]3[C@@H]4CCC(=O)[C@H]4CC[C@@H]3[C@H]2C(O)C1. The van der Waals surface area contributed by atoms with Crippen molar-refractivity contribution in [2.45, 2.75) is 51.0 Å². The van der Waals surface area contributed by atoms with E-state index in [0.717, 1.165) is 38.5 Å². The summed E-state index contributed by atoms with van der Waals surface area (Å²) in [5.74, 6) is 2.75. The van der Waals surface area contributed by atoms with Crippen molar-refractivity contribution in [3.05, 3.63) is 11.6 Å². The van der Waals surface area contributed by atoms with Gasteiger partial charge >= 0.3 is 0 Å². The Morgan fingerprint density at radius 2 is 1.75 bits per heavy atom. The molecule has 4 aliphatic rings. The largest absolute Gasteiger partial charge is 0.392 e. The minimum atomic E-state index is -0.482. The summed E-state index contributed by atoms with van der Waals surface area (Å²) >= 11 is 0. The van der Waals surface area contributed by atoms with E-state index in [9.17, 15) is 14.7 Å². The van der Waals surface area contributed by atoms with Gasteiger partial charge in [0, 0.05) is 24.7 Å². The van der Waals surface area contributed by atoms with Gasteiger partial charge in [-0.05, 0) is 55.9 Å². The first kappa shape index (κ1) is 12.8. The van der Waals surface area contributed by atoms with Gasteiger partial charge < -0.3 is 5.11 Å². The Hall–Kier alpha value is -0.960. The Morgan fingerprint density at radius 3 is 2.60 bits per heavy atom. The topological polar surface area (TPSA) is 54.4 Å². The maximum atomic E-state index is 12.0. The van der Waals surface area contributed by atoms with Crippen LogP contribution in [-0.2, 0) is 9.59 Å². The van der Waals surface area contributed by atoms with Crippen molar-refractivity contribution in [2.75, 3.05) is 0 Å². The maximum Gasteiger partial charge on any atom is 0.158 e. The number of hydrogen-bond acceptors (Lipinski definition) is 3. The van der Waals surface area contributed by atoms with E-state index in [0.29, 0.717) is 35.9 Å². The standard InChI is InChI=1S/C17H22O3/c18-10-7-9-1-2-12-11-5-6-15(19)13(11)3-4-14(12)17(9)16(20)8-10/h7,11-14,16-17,20H,1-6,8H2/t11-,12-,13-,14-,16?,17-/m0/s1. The molecule has 0 aromatic rings. The van der Waals surface area contributed by atoms with Crippen molar-refractivity contribution >= 4 is 11.6 Å². The van der Waals surface area contributed by atoms with E-state index in [4.69, 9.17) is 0 Å². The number of ketones is 2. The predicted octanol–water partition coefficient (Wildman–Crippen LogP) is 2.28. The Balaban J connectivity index is 1.64. The molecule has 0 heterocycles. The number of aliphatic hydroxyl groups excluding tert-OH is 1. The number of hydrogen-bond donors (Lipinski definition) is 1. The van der Waals surface area contributed by atoms with Crippen LogP contribution in [0.2, 0.25) is 0 Å². The molecule has 0 bridgehead atoms. The van der Waals surface area contributed by atoms with E-state index in [1.807, 2.05) is 0 Å². The third-order valence-electron chi connectivity index (χ3n) is 6.39. The number of carbonyl (C=O) groups excluding carboxylic acids is 2. The van der Waals surface area contributed by atoms with Crippen molar-refractivity contribution in [3.8, 4) is 0 Å². The van der Waals surface area contributed by atoms with Crippen LogP contribution in [0.1, 0.15) is 44.9 Å². The number of fused-ring (bicyclic) bond motifs is 5. The van der Waals surface area contributed by atoms with E-state index >= 15 is 0 Å². The number of Topliss-reactive ketones (excluding diaryl/α,β-unsaturated/α-hetero) is 1. The summed E-state index contributed by atoms with van der Waals surface area (Å²) in [5.41, 5.74) is 1.19. The molecular formula is C17H22O3. The molecule has 3 nitrogen and oxygen atoms in total. The van der Waals surface area contributed by atoms with Gasteiger partial charge in [-0.2, -0.15) is 0 Å². The predicted molar refractivity (Wildman–Crippen MR) is 73.9 cm³/mol. The molecule has 0 radical (unpaired) electrons. The molecule has 0 aromatic carbocycles. The molecule has 4 aliphatic carbocycles. The first-order chi connectivity index (χ1) is 9.65. The van der Waals surface area contributed by atoms with Crippen molar-refractivity contribution in [1.82, 2.24) is 0 Å². The normalized spacial score (nSPS) is 47.4. The summed E-state index contributed by atoms with van der Waals surface area (Å²) in [6.45, 7) is 0. The van der Waals surface area contributed by atoms with Crippen molar-refractivity contribution in [3.63, 3.8) is 0 Å². The number of carbonyl (C=O) groups is 2. The van der Waals surface area contributed by atoms with E-state index in [-0.39, 0.29) is 11.7 Å². The summed E-state index contributed by atoms with van der Waals surface area (Å²) in [7, 11) is 0. The smallest absolute Gasteiger partial charge is 0.158 e. The molecule has 3 saturated carbocycles. The average molecular weight is 274 g/mol. The second-order valence-corrected chi connectivity index (χ2v) is 7.20. The Bertz CT molecular complexity index is 492. The molecule has 108 valence electrons. The zero-order valence-corrected chi connectivity index (χ0v) is 11.8. The van der Waals surface area contributed by atoms with Crippen molar-refractivity contribution in [1.29, 1.82) is 0 Å². The highest BCUT2D eigenvalue weighted by atomic mass is 16.3. The molecule has 0 amide bonds. The fourth-order valence-corrected chi connectivity index (χ4v) is 5.67. The minimum absolute atomic E-state index is 0.0898. The second kappa shape index (κ2) is 4.52. The van der Waals surface area contributed by atoms with Crippen LogP contribution in [0.15, 0.2) is 11.6 Å². The summed E-state index contributed by atoms with van der Waals surface area (Å²) in [6, 6.07) is 0. The Kier molecular flexibility index (Phi) is 2.88. The summed E-state index contributed by atoms with van der Waals surface area (Å²) in [4.78, 5) is 23.6. The fraction of sp³-hybridized carbons (Fsp3) is 0.765. The highest BCUT2D eigenvalue weighted by molar-refractivity contribution is 5.92. The van der Waals surface area contributed by atoms with Crippen LogP contribution in [0, 0.1) is 29.6 Å². The summed E-state index contributed by atoms with van der Waals surface area (Å²) in [5, 5.41) is 10.4. The van der Waals surface area contributed by atoms with Crippen LogP contribution in [0.25, 0.3) is 0 Å². The van der Waals surface area contributed by atoms with Crippen molar-refractivity contribution in [2.24, 2.45) is 29.6 Å². The summed E-state index contributed by atoms with van der Waals surface area (Å²) in [6.07, 6.45) is 7.58. The fourth-order valence-electron chi connectivity index (χ4n) is 5.67. The van der Waals surface area contributed by atoms with E-state index in [1.54, 1.807) is 6.08 Å². The summed E-state index contributed by atoms with van der Waals surface area (Å²) < 4.78 is 0. The number of aliphatic hydroxyl groups is 1. The minimum Gasteiger partial charge on any atom is -0.392 e.